The second kappa shape index (κ2) is 7.82. The highest BCUT2D eigenvalue weighted by molar-refractivity contribution is 6.30. The number of nitrogens with one attached hydrogen (secondary N) is 2. The van der Waals surface area contributed by atoms with Gasteiger partial charge in [0.1, 0.15) is 0 Å². The predicted molar refractivity (Wildman–Crippen MR) is 83.7 cm³/mol. The van der Waals surface area contributed by atoms with E-state index in [4.69, 9.17) is 22.1 Å². The van der Waals surface area contributed by atoms with Crippen molar-refractivity contribution in [1.82, 2.24) is 10.6 Å². The molecule has 0 heterocycles. The summed E-state index contributed by atoms with van der Waals surface area (Å²) < 4.78 is 4.92. The summed E-state index contributed by atoms with van der Waals surface area (Å²) in [5, 5.41) is 5.72. The lowest BCUT2D eigenvalue weighted by Gasteiger charge is -2.17. The SMILES string of the molecule is NC(=O)N[C@@H](CC(=O)OCC(=O)NC1CC1)c1ccc(Cl)cc1. The Morgan fingerprint density at radius 2 is 1.91 bits per heavy atom. The van der Waals surface area contributed by atoms with E-state index in [1.807, 2.05) is 0 Å². The van der Waals surface area contributed by atoms with Gasteiger partial charge in [0.15, 0.2) is 6.61 Å². The van der Waals surface area contributed by atoms with Crippen LogP contribution in [0.15, 0.2) is 24.3 Å². The van der Waals surface area contributed by atoms with E-state index in [2.05, 4.69) is 10.6 Å². The van der Waals surface area contributed by atoms with E-state index < -0.39 is 18.0 Å². The summed E-state index contributed by atoms with van der Waals surface area (Å²) in [6, 6.07) is 5.43. The Balaban J connectivity index is 1.88. The second-order valence-electron chi connectivity index (χ2n) is 5.32. The fourth-order valence-electron chi connectivity index (χ4n) is 1.99. The molecule has 0 radical (unpaired) electrons. The Labute approximate surface area is 138 Å². The first kappa shape index (κ1) is 17.1. The lowest BCUT2D eigenvalue weighted by molar-refractivity contribution is -0.149. The van der Waals surface area contributed by atoms with E-state index in [-0.39, 0.29) is 25.0 Å². The lowest BCUT2D eigenvalue weighted by Crippen LogP contribution is -2.35. The molecule has 1 aromatic carbocycles. The Morgan fingerprint density at radius 3 is 2.48 bits per heavy atom. The van der Waals surface area contributed by atoms with Crippen LogP contribution < -0.4 is 16.4 Å². The number of urea groups is 1. The molecule has 1 atom stereocenters. The molecule has 1 fully saturated rings. The molecule has 0 bridgehead atoms. The Bertz CT molecular complexity index is 587. The van der Waals surface area contributed by atoms with E-state index in [0.29, 0.717) is 10.6 Å². The molecular weight excluding hydrogens is 322 g/mol. The summed E-state index contributed by atoms with van der Waals surface area (Å²) >= 11 is 5.81. The second-order valence-corrected chi connectivity index (χ2v) is 5.76. The molecule has 1 aliphatic rings. The number of halogens is 1. The first-order chi connectivity index (χ1) is 10.9. The van der Waals surface area contributed by atoms with Crippen LogP contribution in [0.2, 0.25) is 5.02 Å². The zero-order chi connectivity index (χ0) is 16.8. The highest BCUT2D eigenvalue weighted by Crippen LogP contribution is 2.20. The summed E-state index contributed by atoms with van der Waals surface area (Å²) in [5.74, 6) is -0.934. The van der Waals surface area contributed by atoms with Gasteiger partial charge in [-0.15, -0.1) is 0 Å². The highest BCUT2D eigenvalue weighted by atomic mass is 35.5. The quantitative estimate of drug-likeness (QED) is 0.649. The number of carbonyl (C=O) groups excluding carboxylic acids is 3. The van der Waals surface area contributed by atoms with Gasteiger partial charge in [-0.05, 0) is 30.5 Å². The van der Waals surface area contributed by atoms with Gasteiger partial charge in [-0.25, -0.2) is 4.79 Å². The lowest BCUT2D eigenvalue weighted by atomic mass is 10.0. The molecule has 0 saturated heterocycles. The predicted octanol–water partition coefficient (Wildman–Crippen LogP) is 1.26. The van der Waals surface area contributed by atoms with Crippen molar-refractivity contribution in [2.45, 2.75) is 31.3 Å². The van der Waals surface area contributed by atoms with Gasteiger partial charge in [-0.1, -0.05) is 23.7 Å². The van der Waals surface area contributed by atoms with Gasteiger partial charge in [-0.3, -0.25) is 9.59 Å². The molecule has 7 nitrogen and oxygen atoms in total. The summed E-state index contributed by atoms with van der Waals surface area (Å²) in [5.41, 5.74) is 5.79. The third-order valence-corrected chi connectivity index (χ3v) is 3.52. The summed E-state index contributed by atoms with van der Waals surface area (Å²) in [7, 11) is 0. The van der Waals surface area contributed by atoms with Crippen LogP contribution in [0.4, 0.5) is 4.79 Å². The van der Waals surface area contributed by atoms with Crippen molar-refractivity contribution in [2.24, 2.45) is 5.73 Å². The van der Waals surface area contributed by atoms with Crippen LogP contribution in [0, 0.1) is 0 Å². The molecule has 0 aromatic heterocycles. The maximum Gasteiger partial charge on any atom is 0.312 e. The summed E-state index contributed by atoms with van der Waals surface area (Å²) in [4.78, 5) is 34.4. The monoisotopic (exact) mass is 339 g/mol. The van der Waals surface area contributed by atoms with Crippen molar-refractivity contribution >= 4 is 29.5 Å². The molecule has 0 spiro atoms. The Morgan fingerprint density at radius 1 is 1.26 bits per heavy atom. The molecule has 23 heavy (non-hydrogen) atoms. The first-order valence-corrected chi connectivity index (χ1v) is 7.58. The van der Waals surface area contributed by atoms with E-state index in [9.17, 15) is 14.4 Å². The van der Waals surface area contributed by atoms with Crippen molar-refractivity contribution < 1.29 is 19.1 Å². The molecule has 2 rings (SSSR count). The number of nitrogens with two attached hydrogens (primary N) is 1. The van der Waals surface area contributed by atoms with Gasteiger partial charge >= 0.3 is 12.0 Å². The van der Waals surface area contributed by atoms with Crippen LogP contribution in [-0.2, 0) is 14.3 Å². The number of carbonyl (C=O) groups is 3. The Hall–Kier alpha value is -2.28. The molecule has 0 unspecified atom stereocenters. The smallest absolute Gasteiger partial charge is 0.312 e. The Kier molecular flexibility index (Phi) is 5.81. The van der Waals surface area contributed by atoms with Crippen molar-refractivity contribution in [3.8, 4) is 0 Å². The van der Waals surface area contributed by atoms with Gasteiger partial charge in [0.25, 0.3) is 5.91 Å². The van der Waals surface area contributed by atoms with E-state index >= 15 is 0 Å². The van der Waals surface area contributed by atoms with Crippen LogP contribution in [0.5, 0.6) is 0 Å². The van der Waals surface area contributed by atoms with Crippen LogP contribution in [-0.4, -0.2) is 30.6 Å². The zero-order valence-corrected chi connectivity index (χ0v) is 13.1. The number of esters is 1. The molecule has 124 valence electrons. The molecule has 0 aliphatic heterocycles. The number of primary amides is 1. The standard InChI is InChI=1S/C15H18ClN3O4/c16-10-3-1-9(2-4-10)12(19-15(17)22)7-14(21)23-8-13(20)18-11-5-6-11/h1-4,11-12H,5-8H2,(H,18,20)(H3,17,19,22)/t12-/m0/s1. The molecule has 4 N–H and O–H groups in total. The number of rotatable bonds is 7. The van der Waals surface area contributed by atoms with Gasteiger partial charge in [0.2, 0.25) is 0 Å². The molecule has 3 amide bonds. The summed E-state index contributed by atoms with van der Waals surface area (Å²) in [6.45, 7) is -0.334. The minimum Gasteiger partial charge on any atom is -0.456 e. The largest absolute Gasteiger partial charge is 0.456 e. The normalized spacial score (nSPS) is 14.7. The van der Waals surface area contributed by atoms with Crippen molar-refractivity contribution in [1.29, 1.82) is 0 Å². The molecular formula is C15H18ClN3O4. The maximum absolute atomic E-state index is 11.9. The van der Waals surface area contributed by atoms with E-state index in [0.717, 1.165) is 12.8 Å². The van der Waals surface area contributed by atoms with Crippen LogP contribution in [0.1, 0.15) is 30.9 Å². The average molecular weight is 340 g/mol. The van der Waals surface area contributed by atoms with Crippen molar-refractivity contribution in [2.75, 3.05) is 6.61 Å². The van der Waals surface area contributed by atoms with Gasteiger partial charge < -0.3 is 21.1 Å². The number of amides is 3. The number of hydrogen-bond donors (Lipinski definition) is 3. The topological polar surface area (TPSA) is 111 Å². The van der Waals surface area contributed by atoms with Crippen molar-refractivity contribution in [3.63, 3.8) is 0 Å². The van der Waals surface area contributed by atoms with E-state index in [1.165, 1.54) is 0 Å². The van der Waals surface area contributed by atoms with E-state index in [1.54, 1.807) is 24.3 Å². The first-order valence-electron chi connectivity index (χ1n) is 7.20. The third-order valence-electron chi connectivity index (χ3n) is 3.27. The highest BCUT2D eigenvalue weighted by Gasteiger charge is 2.24. The number of ether oxygens (including phenoxy) is 1. The fourth-order valence-corrected chi connectivity index (χ4v) is 2.11. The summed E-state index contributed by atoms with van der Waals surface area (Å²) in [6.07, 6.45) is 1.78. The minimum absolute atomic E-state index is 0.138. The number of hydrogen-bond acceptors (Lipinski definition) is 4. The molecule has 1 aliphatic carbocycles. The van der Waals surface area contributed by atoms with Gasteiger partial charge in [0, 0.05) is 11.1 Å². The molecule has 8 heteroatoms. The zero-order valence-electron chi connectivity index (χ0n) is 12.4. The van der Waals surface area contributed by atoms with Crippen LogP contribution >= 0.6 is 11.6 Å². The van der Waals surface area contributed by atoms with Crippen molar-refractivity contribution in [3.05, 3.63) is 34.9 Å². The molecule has 1 aromatic rings. The van der Waals surface area contributed by atoms with Gasteiger partial charge in [0.05, 0.1) is 12.5 Å². The maximum atomic E-state index is 11.9. The van der Waals surface area contributed by atoms with Crippen LogP contribution in [0.3, 0.4) is 0 Å². The van der Waals surface area contributed by atoms with Crippen LogP contribution in [0.25, 0.3) is 0 Å². The fraction of sp³-hybridized carbons (Fsp3) is 0.400. The van der Waals surface area contributed by atoms with Gasteiger partial charge in [-0.2, -0.15) is 0 Å². The molecule has 1 saturated carbocycles. The number of benzene rings is 1. The average Bonchev–Trinajstić information content (AvgIpc) is 3.29. The third kappa shape index (κ3) is 6.15. The minimum atomic E-state index is -0.760.